The van der Waals surface area contributed by atoms with Crippen molar-refractivity contribution in [3.63, 3.8) is 0 Å². The maximum absolute atomic E-state index is 11.3. The summed E-state index contributed by atoms with van der Waals surface area (Å²) in [6.07, 6.45) is 4.82. The van der Waals surface area contributed by atoms with Crippen LogP contribution < -0.4 is 11.1 Å². The van der Waals surface area contributed by atoms with Crippen LogP contribution >= 0.6 is 0 Å². The first-order valence-corrected chi connectivity index (χ1v) is 11.6. The van der Waals surface area contributed by atoms with E-state index in [-0.39, 0.29) is 23.6 Å². The number of anilines is 2. The number of nitrogens with zero attached hydrogens (tertiary/aromatic N) is 2. The molecule has 0 spiro atoms. The smallest absolute Gasteiger partial charge is 0.294 e. The first kappa shape index (κ1) is 26.0. The summed E-state index contributed by atoms with van der Waals surface area (Å²) >= 11 is 0. The number of aliphatic hydroxyl groups is 2. The zero-order valence-corrected chi connectivity index (χ0v) is 19.2. The summed E-state index contributed by atoms with van der Waals surface area (Å²) in [5.74, 6) is -0.246. The van der Waals surface area contributed by atoms with Crippen molar-refractivity contribution in [3.05, 3.63) is 28.3 Å². The summed E-state index contributed by atoms with van der Waals surface area (Å²) in [6.45, 7) is 6.04. The van der Waals surface area contributed by atoms with Gasteiger partial charge < -0.3 is 26.1 Å². The lowest BCUT2D eigenvalue weighted by molar-refractivity contribution is -0.383. The molecule has 0 aromatic heterocycles. The minimum Gasteiger partial charge on any atom is -0.399 e. The fourth-order valence-corrected chi connectivity index (χ4v) is 4.75. The molecule has 1 heterocycles. The number of rotatable bonds is 13. The summed E-state index contributed by atoms with van der Waals surface area (Å²) in [7, 11) is 0. The van der Waals surface area contributed by atoms with Crippen LogP contribution in [0.3, 0.4) is 0 Å². The molecule has 5 atom stereocenters. The monoisotopic (exact) mass is 450 g/mol. The lowest BCUT2D eigenvalue weighted by Gasteiger charge is -2.45. The number of carbonyl (C=O) groups is 1. The Morgan fingerprint density at radius 3 is 2.69 bits per heavy atom. The molecule has 0 aliphatic carbocycles. The van der Waals surface area contributed by atoms with Gasteiger partial charge in [0.15, 0.2) is 0 Å². The number of benzene rings is 1. The molecule has 1 aromatic rings. The van der Waals surface area contributed by atoms with Gasteiger partial charge in [0.05, 0.1) is 17.1 Å². The molecule has 1 aromatic carbocycles. The van der Waals surface area contributed by atoms with E-state index in [1.807, 2.05) is 6.92 Å². The third-order valence-corrected chi connectivity index (χ3v) is 6.34. The summed E-state index contributed by atoms with van der Waals surface area (Å²) in [6, 6.07) is 4.52. The molecule has 1 aliphatic heterocycles. The number of hydrogen-bond acceptors (Lipinski definition) is 8. The average Bonchev–Trinajstić information content (AvgIpc) is 2.73. The van der Waals surface area contributed by atoms with E-state index in [1.165, 1.54) is 6.07 Å². The predicted molar refractivity (Wildman–Crippen MR) is 125 cm³/mol. The molecular weight excluding hydrogens is 412 g/mol. The highest BCUT2D eigenvalue weighted by atomic mass is 16.6. The number of aliphatic hydroxyl groups excluding tert-OH is 2. The number of likely N-dealkylation sites (tertiary alicyclic amines) is 1. The van der Waals surface area contributed by atoms with Crippen molar-refractivity contribution in [2.24, 2.45) is 11.8 Å². The van der Waals surface area contributed by atoms with Gasteiger partial charge in [-0.05, 0) is 63.7 Å². The van der Waals surface area contributed by atoms with Crippen molar-refractivity contribution < 1.29 is 19.9 Å². The second-order valence-electron chi connectivity index (χ2n) is 9.04. The molecule has 9 nitrogen and oxygen atoms in total. The third-order valence-electron chi connectivity index (χ3n) is 6.34. The van der Waals surface area contributed by atoms with E-state index in [9.17, 15) is 25.1 Å². The Balaban J connectivity index is 1.76. The van der Waals surface area contributed by atoms with Gasteiger partial charge in [0.25, 0.3) is 5.69 Å². The van der Waals surface area contributed by atoms with Gasteiger partial charge in [0.2, 0.25) is 0 Å². The molecule has 0 radical (unpaired) electrons. The summed E-state index contributed by atoms with van der Waals surface area (Å²) in [4.78, 5) is 24.3. The maximum atomic E-state index is 11.3. The normalized spacial score (nSPS) is 23.4. The van der Waals surface area contributed by atoms with Crippen LogP contribution in [0.1, 0.15) is 52.4 Å². The standard InChI is InChI=1S/C23H38N4O5/c1-16(13-17(2)29)22-23(30)18(15-28)9-12-26(22)11-6-4-3-5-10-25-20-8-7-19(24)14-21(20)27(31)32/h7-8,14-18,22-23,25,29-30H,3-6,9-13,24H2,1-2H3/t16-,17+,18?,22?,23+/m1/s1. The van der Waals surface area contributed by atoms with Crippen LogP contribution in [0.25, 0.3) is 0 Å². The Kier molecular flexibility index (Phi) is 10.3. The minimum atomic E-state index is -0.699. The van der Waals surface area contributed by atoms with Gasteiger partial charge in [0.1, 0.15) is 12.0 Å². The molecule has 32 heavy (non-hydrogen) atoms. The lowest BCUT2D eigenvalue weighted by Crippen LogP contribution is -2.56. The molecule has 2 rings (SSSR count). The number of nitrogens with one attached hydrogen (secondary N) is 1. The van der Waals surface area contributed by atoms with Gasteiger partial charge in [-0.1, -0.05) is 19.8 Å². The highest BCUT2D eigenvalue weighted by molar-refractivity contribution is 5.66. The van der Waals surface area contributed by atoms with E-state index < -0.39 is 17.1 Å². The molecular formula is C23H38N4O5. The molecule has 0 saturated carbocycles. The fraction of sp³-hybridized carbons (Fsp3) is 0.696. The Morgan fingerprint density at radius 1 is 1.31 bits per heavy atom. The number of hydrogen-bond donors (Lipinski definition) is 4. The van der Waals surface area contributed by atoms with Crippen LogP contribution in [0.4, 0.5) is 17.1 Å². The molecule has 180 valence electrons. The zero-order valence-electron chi connectivity index (χ0n) is 19.2. The molecule has 0 amide bonds. The second kappa shape index (κ2) is 12.7. The van der Waals surface area contributed by atoms with Crippen molar-refractivity contribution in [3.8, 4) is 0 Å². The van der Waals surface area contributed by atoms with E-state index in [4.69, 9.17) is 5.73 Å². The maximum Gasteiger partial charge on any atom is 0.294 e. The fourth-order valence-electron chi connectivity index (χ4n) is 4.75. The van der Waals surface area contributed by atoms with E-state index >= 15 is 0 Å². The zero-order chi connectivity index (χ0) is 23.7. The van der Waals surface area contributed by atoms with Gasteiger partial charge >= 0.3 is 0 Å². The van der Waals surface area contributed by atoms with E-state index in [0.717, 1.165) is 45.1 Å². The summed E-state index contributed by atoms with van der Waals surface area (Å²) in [5.41, 5.74) is 6.46. The minimum absolute atomic E-state index is 0.0142. The van der Waals surface area contributed by atoms with Crippen molar-refractivity contribution in [2.75, 3.05) is 30.7 Å². The number of carbonyl (C=O) groups excluding carboxylic acids is 1. The van der Waals surface area contributed by atoms with Gasteiger partial charge in [-0.15, -0.1) is 0 Å². The molecule has 1 fully saturated rings. The van der Waals surface area contributed by atoms with Gasteiger partial charge in [-0.2, -0.15) is 0 Å². The van der Waals surface area contributed by atoms with Crippen molar-refractivity contribution in [2.45, 2.75) is 70.6 Å². The quantitative estimate of drug-likeness (QED) is 0.118. The van der Waals surface area contributed by atoms with Gasteiger partial charge in [-0.3, -0.25) is 15.0 Å². The largest absolute Gasteiger partial charge is 0.399 e. The van der Waals surface area contributed by atoms with Crippen LogP contribution in [0.2, 0.25) is 0 Å². The van der Waals surface area contributed by atoms with Crippen LogP contribution in [0, 0.1) is 22.0 Å². The Hall–Kier alpha value is -2.23. The Labute approximate surface area is 190 Å². The van der Waals surface area contributed by atoms with Crippen molar-refractivity contribution in [1.82, 2.24) is 4.90 Å². The van der Waals surface area contributed by atoms with Crippen LogP contribution in [-0.2, 0) is 4.79 Å². The average molecular weight is 451 g/mol. The number of unbranched alkanes of at least 4 members (excludes halogenated alkanes) is 3. The SMILES string of the molecule is C[C@H](O)C[C@@H](C)C1[C@@H](O)C(C=O)CCN1CCCCCCNc1ccc(N)cc1[N+](=O)[O-]. The first-order chi connectivity index (χ1) is 15.2. The molecule has 1 aliphatic rings. The number of nitro groups is 1. The predicted octanol–water partition coefficient (Wildman–Crippen LogP) is 2.81. The van der Waals surface area contributed by atoms with Gasteiger partial charge in [0, 0.05) is 30.3 Å². The van der Waals surface area contributed by atoms with Crippen LogP contribution in [0.5, 0.6) is 0 Å². The van der Waals surface area contributed by atoms with Crippen LogP contribution in [-0.4, -0.2) is 64.2 Å². The Bertz CT molecular complexity index is 745. The molecule has 1 saturated heterocycles. The molecule has 5 N–H and O–H groups in total. The van der Waals surface area contributed by atoms with Crippen molar-refractivity contribution in [1.29, 1.82) is 0 Å². The number of nitro benzene ring substituents is 1. The third kappa shape index (κ3) is 7.43. The molecule has 9 heteroatoms. The van der Waals surface area contributed by atoms with E-state index in [0.29, 0.717) is 30.8 Å². The number of piperidine rings is 1. The van der Waals surface area contributed by atoms with E-state index in [1.54, 1.807) is 19.1 Å². The highest BCUT2D eigenvalue weighted by Crippen LogP contribution is 2.30. The highest BCUT2D eigenvalue weighted by Gasteiger charge is 2.39. The number of nitrogens with two attached hydrogens (primary N) is 1. The van der Waals surface area contributed by atoms with E-state index in [2.05, 4.69) is 10.2 Å². The van der Waals surface area contributed by atoms with Crippen LogP contribution in [0.15, 0.2) is 18.2 Å². The Morgan fingerprint density at radius 2 is 2.03 bits per heavy atom. The number of aldehydes is 1. The number of nitrogen functional groups attached to an aromatic ring is 1. The van der Waals surface area contributed by atoms with Gasteiger partial charge in [-0.25, -0.2) is 0 Å². The van der Waals surface area contributed by atoms with Crippen molar-refractivity contribution >= 4 is 23.3 Å². The summed E-state index contributed by atoms with van der Waals surface area (Å²) < 4.78 is 0. The first-order valence-electron chi connectivity index (χ1n) is 11.6. The lowest BCUT2D eigenvalue weighted by atomic mass is 9.80. The molecule has 2 unspecified atom stereocenters. The summed E-state index contributed by atoms with van der Waals surface area (Å²) in [5, 5.41) is 34.8. The second-order valence-corrected chi connectivity index (χ2v) is 9.04. The topological polar surface area (TPSA) is 142 Å². The molecule has 0 bridgehead atoms.